The van der Waals surface area contributed by atoms with Crippen molar-refractivity contribution < 1.29 is 9.18 Å². The standard InChI is InChI=1S/C21H25FN8O/c1-10(2)17-20(31)28-16-11(3)25-21(29-19(16)30(17)4)27-14-6-13(7-14)26-18-15(22)5-12(8-23)9-24-18/h5,9-10,13-14,17H,6-7H2,1-4H3,(H,24,26)(H,28,31)(H,25,27,29)/t13?,14?,17-/m0/s1. The summed E-state index contributed by atoms with van der Waals surface area (Å²) in [6.45, 7) is 5.86. The number of amides is 1. The highest BCUT2D eigenvalue weighted by Gasteiger charge is 2.36. The topological polar surface area (TPSA) is 119 Å². The van der Waals surface area contributed by atoms with E-state index in [0.717, 1.165) is 12.8 Å². The first-order chi connectivity index (χ1) is 14.8. The van der Waals surface area contributed by atoms with Crippen molar-refractivity contribution in [2.24, 2.45) is 5.92 Å². The van der Waals surface area contributed by atoms with Crippen LogP contribution in [0, 0.1) is 30.0 Å². The SMILES string of the molecule is Cc1nc(NC2CC(Nc3ncc(C#N)cc3F)C2)nc2c1NC(=O)[C@H](C(C)C)N2C. The molecule has 0 spiro atoms. The van der Waals surface area contributed by atoms with Gasteiger partial charge in [-0.1, -0.05) is 13.8 Å². The summed E-state index contributed by atoms with van der Waals surface area (Å²) in [4.78, 5) is 27.5. The van der Waals surface area contributed by atoms with Gasteiger partial charge in [-0.25, -0.2) is 14.4 Å². The van der Waals surface area contributed by atoms with Crippen molar-refractivity contribution in [1.29, 1.82) is 5.26 Å². The molecule has 162 valence electrons. The van der Waals surface area contributed by atoms with Crippen LogP contribution in [0.1, 0.15) is 37.9 Å². The number of pyridine rings is 1. The predicted molar refractivity (Wildman–Crippen MR) is 115 cm³/mol. The number of nitriles is 1. The van der Waals surface area contributed by atoms with Gasteiger partial charge in [0.15, 0.2) is 17.5 Å². The van der Waals surface area contributed by atoms with Gasteiger partial charge < -0.3 is 20.9 Å². The molecule has 2 aliphatic rings. The van der Waals surface area contributed by atoms with E-state index < -0.39 is 5.82 Å². The van der Waals surface area contributed by atoms with Crippen LogP contribution in [0.25, 0.3) is 0 Å². The van der Waals surface area contributed by atoms with Crippen molar-refractivity contribution in [2.75, 3.05) is 27.9 Å². The second kappa shape index (κ2) is 7.98. The van der Waals surface area contributed by atoms with Crippen LogP contribution in [0.4, 0.5) is 27.7 Å². The summed E-state index contributed by atoms with van der Waals surface area (Å²) in [6.07, 6.45) is 2.85. The minimum Gasteiger partial charge on any atom is -0.365 e. The van der Waals surface area contributed by atoms with Crippen LogP contribution in [0.15, 0.2) is 12.3 Å². The molecule has 10 heteroatoms. The summed E-state index contributed by atoms with van der Waals surface area (Å²) in [5.74, 6) is 0.918. The molecule has 0 saturated heterocycles. The Morgan fingerprint density at radius 1 is 1.29 bits per heavy atom. The molecular weight excluding hydrogens is 399 g/mol. The number of rotatable bonds is 5. The maximum atomic E-state index is 14.0. The Labute approximate surface area is 180 Å². The Hall–Kier alpha value is -3.48. The lowest BCUT2D eigenvalue weighted by Gasteiger charge is -2.38. The van der Waals surface area contributed by atoms with Gasteiger partial charge in [0.05, 0.1) is 11.3 Å². The zero-order valence-corrected chi connectivity index (χ0v) is 17.9. The molecule has 31 heavy (non-hydrogen) atoms. The Kier molecular flexibility index (Phi) is 5.35. The van der Waals surface area contributed by atoms with Crippen molar-refractivity contribution in [3.63, 3.8) is 0 Å². The lowest BCUT2D eigenvalue weighted by molar-refractivity contribution is -0.118. The summed E-state index contributed by atoms with van der Waals surface area (Å²) < 4.78 is 14.0. The molecule has 0 unspecified atom stereocenters. The number of nitrogens with one attached hydrogen (secondary N) is 3. The molecule has 3 N–H and O–H groups in total. The average molecular weight is 424 g/mol. The molecule has 4 rings (SSSR count). The van der Waals surface area contributed by atoms with Gasteiger partial charge in [0.1, 0.15) is 17.8 Å². The Bertz CT molecular complexity index is 1060. The van der Waals surface area contributed by atoms with Crippen molar-refractivity contribution in [2.45, 2.75) is 51.7 Å². The number of hydrogen-bond donors (Lipinski definition) is 3. The van der Waals surface area contributed by atoms with E-state index in [1.807, 2.05) is 38.8 Å². The first kappa shape index (κ1) is 20.8. The number of halogens is 1. The maximum absolute atomic E-state index is 14.0. The van der Waals surface area contributed by atoms with E-state index >= 15 is 0 Å². The van der Waals surface area contributed by atoms with Crippen LogP contribution in [-0.4, -0.2) is 46.0 Å². The second-order valence-corrected chi connectivity index (χ2v) is 8.44. The van der Waals surface area contributed by atoms with Crippen LogP contribution in [0.2, 0.25) is 0 Å². The van der Waals surface area contributed by atoms with Gasteiger partial charge in [-0.05, 0) is 31.7 Å². The third kappa shape index (κ3) is 3.95. The molecule has 9 nitrogen and oxygen atoms in total. The fraction of sp³-hybridized carbons (Fsp3) is 0.476. The highest BCUT2D eigenvalue weighted by atomic mass is 19.1. The lowest BCUT2D eigenvalue weighted by atomic mass is 9.87. The van der Waals surface area contributed by atoms with Gasteiger partial charge in [0.25, 0.3) is 0 Å². The minimum absolute atomic E-state index is 0.0473. The number of likely N-dealkylation sites (N-methyl/N-ethyl adjacent to an activating group) is 1. The second-order valence-electron chi connectivity index (χ2n) is 8.44. The number of carbonyl (C=O) groups is 1. The predicted octanol–water partition coefficient (Wildman–Crippen LogP) is 2.66. The summed E-state index contributed by atoms with van der Waals surface area (Å²) in [5, 5.41) is 18.2. The highest BCUT2D eigenvalue weighted by Crippen LogP contribution is 2.35. The molecule has 1 atom stereocenters. The van der Waals surface area contributed by atoms with Crippen LogP contribution < -0.4 is 20.9 Å². The third-order valence-electron chi connectivity index (χ3n) is 5.75. The van der Waals surface area contributed by atoms with Gasteiger partial charge in [-0.15, -0.1) is 0 Å². The maximum Gasteiger partial charge on any atom is 0.247 e. The molecule has 1 fully saturated rings. The highest BCUT2D eigenvalue weighted by molar-refractivity contribution is 6.03. The molecule has 1 saturated carbocycles. The monoisotopic (exact) mass is 424 g/mol. The van der Waals surface area contributed by atoms with E-state index in [-0.39, 0.29) is 41.3 Å². The van der Waals surface area contributed by atoms with E-state index in [1.165, 1.54) is 12.3 Å². The molecule has 1 aliphatic carbocycles. The minimum atomic E-state index is -0.533. The quantitative estimate of drug-likeness (QED) is 0.670. The Balaban J connectivity index is 1.41. The normalized spacial score (nSPS) is 22.3. The van der Waals surface area contributed by atoms with E-state index in [0.29, 0.717) is 23.1 Å². The van der Waals surface area contributed by atoms with Crippen LogP contribution in [0.5, 0.6) is 0 Å². The van der Waals surface area contributed by atoms with Crippen LogP contribution in [0.3, 0.4) is 0 Å². The van der Waals surface area contributed by atoms with E-state index in [4.69, 9.17) is 5.26 Å². The van der Waals surface area contributed by atoms with Crippen molar-refractivity contribution >= 4 is 29.2 Å². The van der Waals surface area contributed by atoms with E-state index in [9.17, 15) is 9.18 Å². The number of hydrogen-bond acceptors (Lipinski definition) is 8. The van der Waals surface area contributed by atoms with Crippen molar-refractivity contribution in [3.05, 3.63) is 29.3 Å². The Morgan fingerprint density at radius 3 is 2.65 bits per heavy atom. The number of aromatic nitrogens is 3. The first-order valence-electron chi connectivity index (χ1n) is 10.3. The smallest absolute Gasteiger partial charge is 0.247 e. The molecule has 2 aromatic heterocycles. The number of anilines is 4. The molecule has 0 bridgehead atoms. The van der Waals surface area contributed by atoms with Crippen molar-refractivity contribution in [1.82, 2.24) is 15.0 Å². The first-order valence-corrected chi connectivity index (χ1v) is 10.3. The lowest BCUT2D eigenvalue weighted by Crippen LogP contribution is -2.50. The molecule has 1 amide bonds. The molecular formula is C21H25FN8O. The molecule has 0 radical (unpaired) electrons. The number of fused-ring (bicyclic) bond motifs is 1. The van der Waals surface area contributed by atoms with E-state index in [1.54, 1.807) is 0 Å². The van der Waals surface area contributed by atoms with Gasteiger partial charge in [0.2, 0.25) is 11.9 Å². The van der Waals surface area contributed by atoms with Crippen LogP contribution >= 0.6 is 0 Å². The summed E-state index contributed by atoms with van der Waals surface area (Å²) in [5.41, 5.74) is 1.54. The zero-order chi connectivity index (χ0) is 22.3. The number of nitrogens with zero attached hydrogens (tertiary/aromatic N) is 5. The summed E-state index contributed by atoms with van der Waals surface area (Å²) >= 11 is 0. The summed E-state index contributed by atoms with van der Waals surface area (Å²) in [6, 6.07) is 2.96. The van der Waals surface area contributed by atoms with Gasteiger partial charge >= 0.3 is 0 Å². The fourth-order valence-electron chi connectivity index (χ4n) is 4.11. The van der Waals surface area contributed by atoms with E-state index in [2.05, 4.69) is 30.9 Å². The number of aryl methyl sites for hydroxylation is 1. The molecule has 1 aliphatic heterocycles. The average Bonchev–Trinajstić information content (AvgIpc) is 2.68. The van der Waals surface area contributed by atoms with Gasteiger partial charge in [0, 0.05) is 25.3 Å². The van der Waals surface area contributed by atoms with Crippen molar-refractivity contribution in [3.8, 4) is 6.07 Å². The summed E-state index contributed by atoms with van der Waals surface area (Å²) in [7, 11) is 1.88. The largest absolute Gasteiger partial charge is 0.365 e. The van der Waals surface area contributed by atoms with Gasteiger partial charge in [-0.3, -0.25) is 4.79 Å². The number of carbonyl (C=O) groups excluding carboxylic acids is 1. The fourth-order valence-corrected chi connectivity index (χ4v) is 4.11. The van der Waals surface area contributed by atoms with Gasteiger partial charge in [-0.2, -0.15) is 10.2 Å². The molecule has 0 aromatic carbocycles. The molecule has 3 heterocycles. The Morgan fingerprint density at radius 2 is 2.00 bits per heavy atom. The molecule has 2 aromatic rings. The third-order valence-corrected chi connectivity index (χ3v) is 5.75. The van der Waals surface area contributed by atoms with Crippen LogP contribution in [-0.2, 0) is 4.79 Å². The zero-order valence-electron chi connectivity index (χ0n) is 17.9.